The minimum absolute atomic E-state index is 0.0419. The van der Waals surface area contributed by atoms with Crippen molar-refractivity contribution in [1.29, 1.82) is 0 Å². The van der Waals surface area contributed by atoms with E-state index in [1.165, 1.54) is 0 Å². The van der Waals surface area contributed by atoms with Crippen LogP contribution in [0.2, 0.25) is 0 Å². The quantitative estimate of drug-likeness (QED) is 0.822. The van der Waals surface area contributed by atoms with Crippen LogP contribution in [0.4, 0.5) is 0 Å². The van der Waals surface area contributed by atoms with Gasteiger partial charge in [-0.3, -0.25) is 14.5 Å². The van der Waals surface area contributed by atoms with Gasteiger partial charge in [-0.15, -0.1) is 0 Å². The zero-order valence-electron chi connectivity index (χ0n) is 15.4. The van der Waals surface area contributed by atoms with Crippen LogP contribution in [0, 0.1) is 5.92 Å². The predicted molar refractivity (Wildman–Crippen MR) is 101 cm³/mol. The molecule has 2 aliphatic heterocycles. The Morgan fingerprint density at radius 3 is 2.50 bits per heavy atom. The van der Waals surface area contributed by atoms with Crippen molar-refractivity contribution in [2.45, 2.75) is 38.3 Å². The Hall–Kier alpha value is -1.92. The molecule has 2 aliphatic rings. The molecule has 2 heterocycles. The lowest BCUT2D eigenvalue weighted by molar-refractivity contribution is -0.131. The summed E-state index contributed by atoms with van der Waals surface area (Å²) in [5, 5.41) is 3.09. The summed E-state index contributed by atoms with van der Waals surface area (Å²) in [5.74, 6) is 0.269. The first-order valence-corrected chi connectivity index (χ1v) is 9.71. The van der Waals surface area contributed by atoms with Gasteiger partial charge in [0.25, 0.3) is 0 Å². The lowest BCUT2D eigenvalue weighted by Gasteiger charge is -2.42. The Bertz CT molecular complexity index is 599. The molecule has 0 saturated carbocycles. The highest BCUT2D eigenvalue weighted by molar-refractivity contribution is 5.79. The molecule has 142 valence electrons. The minimum Gasteiger partial charge on any atom is -0.352 e. The Morgan fingerprint density at radius 2 is 1.81 bits per heavy atom. The zero-order chi connectivity index (χ0) is 18.4. The number of piperidine rings is 2. The van der Waals surface area contributed by atoms with E-state index < -0.39 is 0 Å². The molecule has 0 aromatic heterocycles. The number of hydrogen-bond donors (Lipinski definition) is 2. The Labute approximate surface area is 155 Å². The van der Waals surface area contributed by atoms with E-state index in [2.05, 4.69) is 10.2 Å². The lowest BCUT2D eigenvalue weighted by atomic mass is 9.93. The number of hydrogen-bond acceptors (Lipinski definition) is 4. The van der Waals surface area contributed by atoms with Crippen LogP contribution in [-0.2, 0) is 16.1 Å². The molecule has 0 spiro atoms. The maximum absolute atomic E-state index is 12.6. The fourth-order valence-corrected chi connectivity index (χ4v) is 4.09. The number of nitrogens with one attached hydrogen (secondary N) is 1. The van der Waals surface area contributed by atoms with Gasteiger partial charge in [-0.25, -0.2) is 0 Å². The van der Waals surface area contributed by atoms with Gasteiger partial charge in [0.2, 0.25) is 11.8 Å². The average Bonchev–Trinajstić information content (AvgIpc) is 2.72. The molecule has 0 radical (unpaired) electrons. The molecule has 2 amide bonds. The van der Waals surface area contributed by atoms with Crippen LogP contribution < -0.4 is 11.1 Å². The van der Waals surface area contributed by atoms with Crippen LogP contribution in [0.5, 0.6) is 0 Å². The van der Waals surface area contributed by atoms with Crippen molar-refractivity contribution in [3.05, 3.63) is 35.9 Å². The van der Waals surface area contributed by atoms with Gasteiger partial charge in [-0.2, -0.15) is 0 Å². The summed E-state index contributed by atoms with van der Waals surface area (Å²) in [5.41, 5.74) is 6.59. The van der Waals surface area contributed by atoms with Crippen LogP contribution in [0.25, 0.3) is 0 Å². The Kier molecular flexibility index (Phi) is 6.63. The molecule has 3 N–H and O–H groups in total. The van der Waals surface area contributed by atoms with Crippen LogP contribution in [0.1, 0.15) is 31.2 Å². The lowest BCUT2D eigenvalue weighted by Crippen LogP contribution is -2.52. The first-order chi connectivity index (χ1) is 12.7. The number of nitrogens with zero attached hydrogens (tertiary/aromatic N) is 2. The molecule has 1 atom stereocenters. The van der Waals surface area contributed by atoms with E-state index in [9.17, 15) is 9.59 Å². The van der Waals surface area contributed by atoms with E-state index in [1.54, 1.807) is 0 Å². The molecule has 2 saturated heterocycles. The van der Waals surface area contributed by atoms with Crippen molar-refractivity contribution in [2.75, 3.05) is 32.7 Å². The Balaban J connectivity index is 1.46. The predicted octanol–water partition coefficient (Wildman–Crippen LogP) is 0.965. The SMILES string of the molecule is NCC(=O)N1CCC(N2CCC[C@@H](C(=O)NCc3ccccc3)C2)CC1. The Morgan fingerprint density at radius 1 is 1.08 bits per heavy atom. The molecular weight excluding hydrogens is 328 g/mol. The summed E-state index contributed by atoms with van der Waals surface area (Å²) in [7, 11) is 0. The second kappa shape index (κ2) is 9.14. The number of carbonyl (C=O) groups is 2. The maximum atomic E-state index is 12.6. The van der Waals surface area contributed by atoms with Gasteiger partial charge in [-0.05, 0) is 37.8 Å². The summed E-state index contributed by atoms with van der Waals surface area (Å²) in [6, 6.07) is 10.5. The number of likely N-dealkylation sites (tertiary alicyclic amines) is 2. The second-order valence-corrected chi connectivity index (χ2v) is 7.35. The molecule has 1 aromatic carbocycles. The third-order valence-corrected chi connectivity index (χ3v) is 5.64. The van der Waals surface area contributed by atoms with Crippen molar-refractivity contribution in [3.8, 4) is 0 Å². The third-order valence-electron chi connectivity index (χ3n) is 5.64. The van der Waals surface area contributed by atoms with Gasteiger partial charge >= 0.3 is 0 Å². The largest absolute Gasteiger partial charge is 0.352 e. The normalized spacial score (nSPS) is 22.2. The molecular formula is C20H30N4O2. The van der Waals surface area contributed by atoms with E-state index in [0.717, 1.165) is 57.4 Å². The monoisotopic (exact) mass is 358 g/mol. The van der Waals surface area contributed by atoms with Gasteiger partial charge in [0.1, 0.15) is 0 Å². The number of amides is 2. The highest BCUT2D eigenvalue weighted by Gasteiger charge is 2.32. The zero-order valence-corrected chi connectivity index (χ0v) is 15.4. The van der Waals surface area contributed by atoms with Crippen molar-refractivity contribution >= 4 is 11.8 Å². The highest BCUT2D eigenvalue weighted by Crippen LogP contribution is 2.24. The molecule has 26 heavy (non-hydrogen) atoms. The molecule has 3 rings (SSSR count). The fraction of sp³-hybridized carbons (Fsp3) is 0.600. The van der Waals surface area contributed by atoms with E-state index >= 15 is 0 Å². The maximum Gasteiger partial charge on any atom is 0.236 e. The summed E-state index contributed by atoms with van der Waals surface area (Å²) in [6.07, 6.45) is 3.97. The van der Waals surface area contributed by atoms with Crippen LogP contribution >= 0.6 is 0 Å². The van der Waals surface area contributed by atoms with E-state index in [1.807, 2.05) is 35.2 Å². The summed E-state index contributed by atoms with van der Waals surface area (Å²) in [6.45, 7) is 4.13. The van der Waals surface area contributed by atoms with Crippen LogP contribution in [0.3, 0.4) is 0 Å². The second-order valence-electron chi connectivity index (χ2n) is 7.35. The summed E-state index contributed by atoms with van der Waals surface area (Å²) < 4.78 is 0. The number of nitrogens with two attached hydrogens (primary N) is 1. The van der Waals surface area contributed by atoms with Gasteiger partial charge in [0.15, 0.2) is 0 Å². The fourth-order valence-electron chi connectivity index (χ4n) is 4.09. The summed E-state index contributed by atoms with van der Waals surface area (Å²) >= 11 is 0. The smallest absolute Gasteiger partial charge is 0.236 e. The molecule has 0 unspecified atom stereocenters. The van der Waals surface area contributed by atoms with Crippen molar-refractivity contribution in [3.63, 3.8) is 0 Å². The standard InChI is InChI=1S/C20H30N4O2/c21-13-19(25)23-11-8-18(9-12-23)24-10-4-7-17(15-24)20(26)22-14-16-5-2-1-3-6-16/h1-3,5-6,17-18H,4,7-15,21H2,(H,22,26)/t17-/m1/s1. The number of benzene rings is 1. The minimum atomic E-state index is 0.0419. The van der Waals surface area contributed by atoms with Gasteiger partial charge in [-0.1, -0.05) is 30.3 Å². The van der Waals surface area contributed by atoms with Crippen molar-refractivity contribution in [2.24, 2.45) is 11.7 Å². The van der Waals surface area contributed by atoms with Crippen molar-refractivity contribution < 1.29 is 9.59 Å². The number of rotatable bonds is 5. The average molecular weight is 358 g/mol. The molecule has 6 heteroatoms. The van der Waals surface area contributed by atoms with Gasteiger partial charge < -0.3 is 16.0 Å². The van der Waals surface area contributed by atoms with Crippen LogP contribution in [0.15, 0.2) is 30.3 Å². The molecule has 2 fully saturated rings. The van der Waals surface area contributed by atoms with Crippen molar-refractivity contribution in [1.82, 2.24) is 15.1 Å². The molecule has 0 aliphatic carbocycles. The van der Waals surface area contributed by atoms with E-state index in [4.69, 9.17) is 5.73 Å². The van der Waals surface area contributed by atoms with Gasteiger partial charge in [0.05, 0.1) is 12.5 Å². The molecule has 6 nitrogen and oxygen atoms in total. The molecule has 1 aromatic rings. The summed E-state index contributed by atoms with van der Waals surface area (Å²) in [4.78, 5) is 28.6. The topological polar surface area (TPSA) is 78.7 Å². The van der Waals surface area contributed by atoms with E-state index in [0.29, 0.717) is 12.6 Å². The highest BCUT2D eigenvalue weighted by atomic mass is 16.2. The first kappa shape index (κ1) is 18.9. The van der Waals surface area contributed by atoms with Gasteiger partial charge in [0, 0.05) is 32.2 Å². The van der Waals surface area contributed by atoms with E-state index in [-0.39, 0.29) is 24.3 Å². The third kappa shape index (κ3) is 4.83. The molecule has 0 bridgehead atoms. The first-order valence-electron chi connectivity index (χ1n) is 9.71. The van der Waals surface area contributed by atoms with Crippen LogP contribution in [-0.4, -0.2) is 60.4 Å². The number of carbonyl (C=O) groups excluding carboxylic acids is 2.